The Labute approximate surface area is 202 Å². The number of carbonyl (C=O) groups is 2. The van der Waals surface area contributed by atoms with Gasteiger partial charge in [0.15, 0.2) is 5.13 Å². The van der Waals surface area contributed by atoms with Gasteiger partial charge >= 0.3 is 18.2 Å². The third-order valence-corrected chi connectivity index (χ3v) is 5.67. The van der Waals surface area contributed by atoms with Crippen molar-refractivity contribution < 1.29 is 27.9 Å². The summed E-state index contributed by atoms with van der Waals surface area (Å²) in [4.78, 5) is 30.8. The van der Waals surface area contributed by atoms with Crippen molar-refractivity contribution in [1.82, 2.24) is 15.2 Å². The monoisotopic (exact) mass is 512 g/mol. The molecule has 0 unspecified atom stereocenters. The first-order valence-electron chi connectivity index (χ1n) is 9.91. The summed E-state index contributed by atoms with van der Waals surface area (Å²) in [6.07, 6.45) is -4.59. The predicted molar refractivity (Wildman–Crippen MR) is 125 cm³/mol. The number of aliphatic carboxylic acids is 1. The van der Waals surface area contributed by atoms with E-state index in [-0.39, 0.29) is 30.5 Å². The summed E-state index contributed by atoms with van der Waals surface area (Å²) in [6, 6.07) is 10.6. The van der Waals surface area contributed by atoms with Crippen LogP contribution in [0.2, 0.25) is 5.02 Å². The fourth-order valence-electron chi connectivity index (χ4n) is 3.03. The Morgan fingerprint density at radius 3 is 2.59 bits per heavy atom. The van der Waals surface area contributed by atoms with Gasteiger partial charge in [-0.2, -0.15) is 13.2 Å². The molecular formula is C22H20ClF3N4O3S. The van der Waals surface area contributed by atoms with Crippen molar-refractivity contribution in [2.24, 2.45) is 0 Å². The number of nitrogens with zero attached hydrogens (tertiary/aromatic N) is 3. The second-order valence-electron chi connectivity index (χ2n) is 7.27. The molecule has 0 saturated heterocycles. The zero-order chi connectivity index (χ0) is 24.9. The molecule has 34 heavy (non-hydrogen) atoms. The predicted octanol–water partition coefficient (Wildman–Crippen LogP) is 5.35. The molecule has 0 saturated carbocycles. The Bertz CT molecular complexity index is 1170. The van der Waals surface area contributed by atoms with Crippen molar-refractivity contribution in [3.05, 3.63) is 64.5 Å². The molecular weight excluding hydrogens is 493 g/mol. The van der Waals surface area contributed by atoms with Crippen molar-refractivity contribution in [3.63, 3.8) is 0 Å². The molecule has 0 radical (unpaired) electrons. The molecule has 1 heterocycles. The van der Waals surface area contributed by atoms with Crippen LogP contribution in [0, 0.1) is 0 Å². The van der Waals surface area contributed by atoms with Gasteiger partial charge in [-0.15, -0.1) is 11.3 Å². The number of hydrogen-bond acceptors (Lipinski definition) is 5. The van der Waals surface area contributed by atoms with Gasteiger partial charge in [-0.3, -0.25) is 9.69 Å². The molecule has 7 nitrogen and oxygen atoms in total. The maximum atomic E-state index is 13.3. The lowest BCUT2D eigenvalue weighted by molar-refractivity contribution is -0.138. The number of amides is 2. The van der Waals surface area contributed by atoms with E-state index in [4.69, 9.17) is 16.7 Å². The molecule has 2 aromatic carbocycles. The van der Waals surface area contributed by atoms with E-state index in [9.17, 15) is 22.8 Å². The lowest BCUT2D eigenvalue weighted by Crippen LogP contribution is -2.41. The molecule has 3 aromatic rings. The molecule has 0 spiro atoms. The molecule has 0 aliphatic rings. The number of hydrogen-bond donors (Lipinski definition) is 2. The van der Waals surface area contributed by atoms with Crippen LogP contribution in [0.15, 0.2) is 53.9 Å². The zero-order valence-corrected chi connectivity index (χ0v) is 19.4. The quantitative estimate of drug-likeness (QED) is 0.425. The molecule has 0 atom stereocenters. The Hall–Kier alpha value is -3.15. The third-order valence-electron chi connectivity index (χ3n) is 4.61. The fraction of sp³-hybridized carbons (Fsp3) is 0.227. The van der Waals surface area contributed by atoms with Crippen LogP contribution in [0.3, 0.4) is 0 Å². The van der Waals surface area contributed by atoms with Gasteiger partial charge in [-0.05, 0) is 37.4 Å². The van der Waals surface area contributed by atoms with Crippen molar-refractivity contribution in [3.8, 4) is 11.3 Å². The topological polar surface area (TPSA) is 85.8 Å². The van der Waals surface area contributed by atoms with Gasteiger partial charge in [0.1, 0.15) is 0 Å². The van der Waals surface area contributed by atoms with Crippen LogP contribution in [0.25, 0.3) is 11.3 Å². The van der Waals surface area contributed by atoms with Gasteiger partial charge in [0, 0.05) is 29.1 Å². The van der Waals surface area contributed by atoms with Crippen molar-refractivity contribution in [2.75, 3.05) is 31.6 Å². The first-order valence-corrected chi connectivity index (χ1v) is 11.2. The van der Waals surface area contributed by atoms with E-state index in [0.717, 1.165) is 28.4 Å². The number of thiazole rings is 1. The number of aromatic nitrogens is 1. The van der Waals surface area contributed by atoms with Crippen LogP contribution in [0.1, 0.15) is 5.56 Å². The number of urea groups is 1. The van der Waals surface area contributed by atoms with Gasteiger partial charge < -0.3 is 10.4 Å². The fourth-order valence-corrected chi connectivity index (χ4v) is 4.07. The minimum atomic E-state index is -4.59. The summed E-state index contributed by atoms with van der Waals surface area (Å²) in [6.45, 7) is 0.0768. The first kappa shape index (κ1) is 25.5. The number of nitrogens with one attached hydrogen (secondary N) is 1. The molecule has 3 rings (SSSR count). The van der Waals surface area contributed by atoms with Gasteiger partial charge in [0.05, 0.1) is 23.5 Å². The average molecular weight is 513 g/mol. The van der Waals surface area contributed by atoms with Crippen LogP contribution in [0.4, 0.5) is 28.8 Å². The van der Waals surface area contributed by atoms with Gasteiger partial charge in [0.2, 0.25) is 0 Å². The summed E-state index contributed by atoms with van der Waals surface area (Å²) < 4.78 is 39.9. The minimum Gasteiger partial charge on any atom is -0.480 e. The van der Waals surface area contributed by atoms with E-state index in [0.29, 0.717) is 16.3 Å². The highest BCUT2D eigenvalue weighted by Crippen LogP contribution is 2.36. The molecule has 12 heteroatoms. The summed E-state index contributed by atoms with van der Waals surface area (Å²) in [5.74, 6) is -1.02. The highest BCUT2D eigenvalue weighted by Gasteiger charge is 2.32. The number of carboxylic acids is 1. The zero-order valence-electron chi connectivity index (χ0n) is 17.8. The van der Waals surface area contributed by atoms with Gasteiger partial charge in [0.25, 0.3) is 0 Å². The number of likely N-dealkylation sites (N-methyl/N-ethyl adjacent to an activating group) is 1. The summed E-state index contributed by atoms with van der Waals surface area (Å²) in [5.41, 5.74) is 0.275. The first-order chi connectivity index (χ1) is 16.0. The van der Waals surface area contributed by atoms with E-state index in [1.54, 1.807) is 36.7 Å². The Morgan fingerprint density at radius 1 is 1.18 bits per heavy atom. The van der Waals surface area contributed by atoms with E-state index in [1.807, 2.05) is 0 Å². The number of benzene rings is 2. The maximum Gasteiger partial charge on any atom is 0.416 e. The molecule has 0 fully saturated rings. The SMILES string of the molecule is CN(CCNC(=O)N(c1cccc(C(F)(F)F)c1)c1nc(-c2cccc(Cl)c2)cs1)CC(=O)O. The van der Waals surface area contributed by atoms with Crippen LogP contribution < -0.4 is 10.2 Å². The van der Waals surface area contributed by atoms with E-state index in [1.165, 1.54) is 17.0 Å². The van der Waals surface area contributed by atoms with Crippen molar-refractivity contribution >= 4 is 45.8 Å². The molecule has 2 N–H and O–H groups in total. The van der Waals surface area contributed by atoms with E-state index >= 15 is 0 Å². The molecule has 0 aliphatic heterocycles. The highest BCUT2D eigenvalue weighted by atomic mass is 35.5. The average Bonchev–Trinajstić information content (AvgIpc) is 3.23. The summed E-state index contributed by atoms with van der Waals surface area (Å²) in [5, 5.41) is 13.8. The largest absolute Gasteiger partial charge is 0.480 e. The summed E-state index contributed by atoms with van der Waals surface area (Å²) >= 11 is 7.12. The minimum absolute atomic E-state index is 0.0155. The van der Waals surface area contributed by atoms with Crippen LogP contribution >= 0.6 is 22.9 Å². The normalized spacial score (nSPS) is 11.5. The number of alkyl halides is 3. The lowest BCUT2D eigenvalue weighted by atomic mass is 10.2. The molecule has 0 aliphatic carbocycles. The van der Waals surface area contributed by atoms with Gasteiger partial charge in [-0.1, -0.05) is 29.8 Å². The molecule has 0 bridgehead atoms. The van der Waals surface area contributed by atoms with E-state index < -0.39 is 23.7 Å². The maximum absolute atomic E-state index is 13.3. The lowest BCUT2D eigenvalue weighted by Gasteiger charge is -2.22. The smallest absolute Gasteiger partial charge is 0.416 e. The number of carbonyl (C=O) groups excluding carboxylic acids is 1. The Morgan fingerprint density at radius 2 is 1.91 bits per heavy atom. The Kier molecular flexibility index (Phi) is 8.13. The van der Waals surface area contributed by atoms with Crippen LogP contribution in [-0.4, -0.2) is 53.7 Å². The Balaban J connectivity index is 1.90. The number of carboxylic acid groups (broad SMARTS) is 1. The van der Waals surface area contributed by atoms with Gasteiger partial charge in [-0.25, -0.2) is 14.7 Å². The van der Waals surface area contributed by atoms with Crippen molar-refractivity contribution in [2.45, 2.75) is 6.18 Å². The van der Waals surface area contributed by atoms with Crippen LogP contribution in [-0.2, 0) is 11.0 Å². The molecule has 1 aromatic heterocycles. The van der Waals surface area contributed by atoms with Crippen molar-refractivity contribution in [1.29, 1.82) is 0 Å². The number of rotatable bonds is 8. The highest BCUT2D eigenvalue weighted by molar-refractivity contribution is 7.14. The van der Waals surface area contributed by atoms with E-state index in [2.05, 4.69) is 10.3 Å². The molecule has 2 amide bonds. The summed E-state index contributed by atoms with van der Waals surface area (Å²) in [7, 11) is 1.57. The second-order valence-corrected chi connectivity index (χ2v) is 8.55. The second kappa shape index (κ2) is 10.9. The van der Waals surface area contributed by atoms with Crippen LogP contribution in [0.5, 0.6) is 0 Å². The standard InChI is InChI=1S/C22H20ClF3N4O3S/c1-29(12-19(31)32)9-8-27-20(33)30(17-7-3-5-15(11-17)22(24,25)26)21-28-18(13-34-21)14-4-2-6-16(23)10-14/h2-7,10-11,13H,8-9,12H2,1H3,(H,27,33)(H,31,32). The number of halogens is 4. The number of anilines is 2. The molecule has 180 valence electrons. The third kappa shape index (κ3) is 6.69.